The van der Waals surface area contributed by atoms with E-state index in [0.29, 0.717) is 7.79 Å². The van der Waals surface area contributed by atoms with E-state index in [9.17, 15) is 0 Å². The van der Waals surface area contributed by atoms with E-state index in [4.69, 9.17) is 41.0 Å². The zero-order valence-electron chi connectivity index (χ0n) is 3.43. The predicted octanol–water partition coefficient (Wildman–Crippen LogP) is 2.46. The van der Waals surface area contributed by atoms with Crippen molar-refractivity contribution in [3.63, 3.8) is 0 Å². The summed E-state index contributed by atoms with van der Waals surface area (Å²) in [6, 6.07) is 0. The van der Waals surface area contributed by atoms with Gasteiger partial charge in [0.15, 0.2) is 0 Å². The Hall–Kier alpha value is 1.96. The molecule has 0 N–H and O–H groups in total. The standard InChI is InChI=1S/2CH2Cl.2ClH.Sn/c2*1-2;;;/h2*1H2;2*1H;/q;;;;+2/p-2. The minimum atomic E-state index is -2.81. The normalized spacial score (nSPS) is 12.0. The number of hydrogen-bond donors (Lipinski definition) is 0. The Morgan fingerprint density at radius 2 is 1.29 bits per heavy atom. The average molecular weight is 289 g/mol. The molecule has 0 aliphatic carbocycles. The molecule has 0 spiro atoms. The first-order chi connectivity index (χ1) is 3.12. The molecule has 0 saturated carbocycles. The van der Waals surface area contributed by atoms with Gasteiger partial charge in [0.05, 0.1) is 0 Å². The molecule has 0 heterocycles. The molecule has 0 aliphatic rings. The number of rotatable bonds is 2. The van der Waals surface area contributed by atoms with Crippen LogP contribution in [0, 0.1) is 0 Å². The molecule has 44 valence electrons. The fourth-order valence-electron chi connectivity index (χ4n) is 0.0357. The van der Waals surface area contributed by atoms with Crippen LogP contribution in [0.5, 0.6) is 0 Å². The molecule has 0 aromatic carbocycles. The first-order valence-electron chi connectivity index (χ1n) is 1.62. The Morgan fingerprint density at radius 1 is 1.00 bits per heavy atom. The molecule has 0 fully saturated rings. The summed E-state index contributed by atoms with van der Waals surface area (Å²) >= 11 is 7.87. The second-order valence-electron chi connectivity index (χ2n) is 1.12. The van der Waals surface area contributed by atoms with Crippen molar-refractivity contribution < 1.29 is 0 Å². The van der Waals surface area contributed by atoms with Gasteiger partial charge in [-0.15, -0.1) is 0 Å². The fourth-order valence-corrected chi connectivity index (χ4v) is 2.16. The van der Waals surface area contributed by atoms with Crippen LogP contribution in [0.2, 0.25) is 0 Å². The summed E-state index contributed by atoms with van der Waals surface area (Å²) in [5.41, 5.74) is 0. The summed E-state index contributed by atoms with van der Waals surface area (Å²) in [4.78, 5) is 0. The van der Waals surface area contributed by atoms with Crippen molar-refractivity contribution in [3.05, 3.63) is 0 Å². The molecule has 0 aromatic rings. The van der Waals surface area contributed by atoms with Crippen molar-refractivity contribution in [1.82, 2.24) is 0 Å². The van der Waals surface area contributed by atoms with Crippen LogP contribution in [0.3, 0.4) is 0 Å². The van der Waals surface area contributed by atoms with Crippen molar-refractivity contribution in [2.45, 2.75) is 0 Å². The van der Waals surface area contributed by atoms with Gasteiger partial charge < -0.3 is 0 Å². The zero-order valence-corrected chi connectivity index (χ0v) is 9.30. The van der Waals surface area contributed by atoms with Crippen LogP contribution in [0.15, 0.2) is 0 Å². The van der Waals surface area contributed by atoms with Crippen molar-refractivity contribution in [3.8, 4) is 0 Å². The van der Waals surface area contributed by atoms with Gasteiger partial charge in [-0.2, -0.15) is 0 Å². The number of alkyl halides is 2. The summed E-state index contributed by atoms with van der Waals surface area (Å²) in [6.45, 7) is 0. The molecule has 0 nitrogen and oxygen atoms in total. The van der Waals surface area contributed by atoms with Gasteiger partial charge >= 0.3 is 65.0 Å². The zero-order chi connectivity index (χ0) is 5.91. The van der Waals surface area contributed by atoms with E-state index < -0.39 is 16.1 Å². The van der Waals surface area contributed by atoms with Gasteiger partial charge in [0, 0.05) is 0 Å². The Bertz CT molecular complexity index is 47.7. The molecule has 0 aliphatic heterocycles. The Morgan fingerprint density at radius 3 is 1.29 bits per heavy atom. The topological polar surface area (TPSA) is 0 Å². The second-order valence-corrected chi connectivity index (χ2v) is 22.1. The monoisotopic (exact) mass is 288 g/mol. The van der Waals surface area contributed by atoms with E-state index >= 15 is 0 Å². The summed E-state index contributed by atoms with van der Waals surface area (Å²) in [6.07, 6.45) is 0. The van der Waals surface area contributed by atoms with Gasteiger partial charge in [-0.05, 0) is 0 Å². The molecule has 0 radical (unpaired) electrons. The van der Waals surface area contributed by atoms with Crippen LogP contribution in [-0.2, 0) is 0 Å². The van der Waals surface area contributed by atoms with Crippen LogP contribution in [0.25, 0.3) is 0 Å². The maximum atomic E-state index is 5.62. The van der Waals surface area contributed by atoms with Gasteiger partial charge in [-0.3, -0.25) is 0 Å². The van der Waals surface area contributed by atoms with Crippen molar-refractivity contribution >= 4 is 57.2 Å². The molecule has 0 bridgehead atoms. The molecule has 7 heavy (non-hydrogen) atoms. The molecular formula is C2H4Cl4Sn. The van der Waals surface area contributed by atoms with E-state index in [1.165, 1.54) is 0 Å². The Kier molecular flexibility index (Phi) is 4.97. The van der Waals surface area contributed by atoms with Gasteiger partial charge in [0.1, 0.15) is 0 Å². The van der Waals surface area contributed by atoms with Crippen molar-refractivity contribution in [2.24, 2.45) is 0 Å². The summed E-state index contributed by atoms with van der Waals surface area (Å²) in [7, 11) is 11.2. The Balaban J connectivity index is 3.36. The Labute approximate surface area is 64.4 Å². The van der Waals surface area contributed by atoms with Crippen LogP contribution >= 0.6 is 41.0 Å². The molecule has 0 atom stereocenters. The van der Waals surface area contributed by atoms with E-state index in [0.717, 1.165) is 0 Å². The van der Waals surface area contributed by atoms with E-state index in [1.54, 1.807) is 0 Å². The third-order valence-electron chi connectivity index (χ3n) is 0.391. The number of hydrogen-bond acceptors (Lipinski definition) is 0. The number of halogens is 4. The third-order valence-corrected chi connectivity index (χ3v) is 16.0. The molecular weight excluding hydrogens is 285 g/mol. The summed E-state index contributed by atoms with van der Waals surface area (Å²) in [5, 5.41) is 0. The first kappa shape index (κ1) is 8.96. The van der Waals surface area contributed by atoms with Gasteiger partial charge in [-0.1, -0.05) is 0 Å². The van der Waals surface area contributed by atoms with Crippen LogP contribution in [-0.4, -0.2) is 23.9 Å². The van der Waals surface area contributed by atoms with Crippen LogP contribution in [0.1, 0.15) is 0 Å². The summed E-state index contributed by atoms with van der Waals surface area (Å²) in [5.74, 6) is 0. The van der Waals surface area contributed by atoms with Crippen molar-refractivity contribution in [1.29, 1.82) is 0 Å². The van der Waals surface area contributed by atoms with E-state index in [1.807, 2.05) is 0 Å². The second kappa shape index (κ2) is 3.89. The van der Waals surface area contributed by atoms with E-state index in [-0.39, 0.29) is 0 Å². The molecule has 5 heteroatoms. The molecule has 0 unspecified atom stereocenters. The van der Waals surface area contributed by atoms with Crippen molar-refractivity contribution in [2.75, 3.05) is 7.79 Å². The molecule has 0 rings (SSSR count). The van der Waals surface area contributed by atoms with Gasteiger partial charge in [0.25, 0.3) is 0 Å². The molecule has 0 aromatic heterocycles. The third kappa shape index (κ3) is 4.46. The first-order valence-corrected chi connectivity index (χ1v) is 14.0. The molecule has 0 saturated heterocycles. The van der Waals surface area contributed by atoms with Crippen LogP contribution < -0.4 is 0 Å². The average Bonchev–Trinajstić information content (AvgIpc) is 1.68. The maximum absolute atomic E-state index is 5.62. The predicted molar refractivity (Wildman–Crippen MR) is 38.9 cm³/mol. The van der Waals surface area contributed by atoms with Crippen LogP contribution in [0.4, 0.5) is 0 Å². The summed E-state index contributed by atoms with van der Waals surface area (Å²) < 4.78 is 0.753. The van der Waals surface area contributed by atoms with Gasteiger partial charge in [-0.25, -0.2) is 0 Å². The fraction of sp³-hybridized carbons (Fsp3) is 1.00. The SMILES string of the molecule is Cl[CH2][Sn]([Cl])([Cl])[CH2]Cl. The molecule has 0 amide bonds. The van der Waals surface area contributed by atoms with E-state index in [2.05, 4.69) is 0 Å². The minimum absolute atomic E-state index is 0.376. The van der Waals surface area contributed by atoms with Gasteiger partial charge in [0.2, 0.25) is 0 Å². The quantitative estimate of drug-likeness (QED) is 0.541.